The molecule has 0 radical (unpaired) electrons. The topological polar surface area (TPSA) is 68.5 Å². The molecule has 0 saturated carbocycles. The van der Waals surface area contributed by atoms with Gasteiger partial charge in [0.25, 0.3) is 5.91 Å². The molecule has 134 valence electrons. The first kappa shape index (κ1) is 17.5. The quantitative estimate of drug-likeness (QED) is 0.833. The first-order valence-corrected chi connectivity index (χ1v) is 8.84. The number of para-hydroxylation sites is 1. The molecule has 0 atom stereocenters. The average Bonchev–Trinajstić information content (AvgIpc) is 3.11. The Balaban J connectivity index is 1.49. The first-order chi connectivity index (χ1) is 12.0. The van der Waals surface area contributed by atoms with Crippen LogP contribution in [0, 0.1) is 6.92 Å². The summed E-state index contributed by atoms with van der Waals surface area (Å²) in [6, 6.07) is 7.73. The van der Waals surface area contributed by atoms with Gasteiger partial charge in [0.1, 0.15) is 5.75 Å². The predicted molar refractivity (Wildman–Crippen MR) is 93.6 cm³/mol. The third-order valence-corrected chi connectivity index (χ3v) is 4.59. The Kier molecular flexibility index (Phi) is 5.36. The van der Waals surface area contributed by atoms with Crippen molar-refractivity contribution >= 4 is 5.91 Å². The number of hydrogen-bond acceptors (Lipinski definition) is 5. The van der Waals surface area contributed by atoms with E-state index < -0.39 is 0 Å². The third-order valence-electron chi connectivity index (χ3n) is 4.59. The van der Waals surface area contributed by atoms with Gasteiger partial charge in [0, 0.05) is 24.9 Å². The van der Waals surface area contributed by atoms with Crippen LogP contribution in [0.15, 0.2) is 28.7 Å². The lowest BCUT2D eigenvalue weighted by atomic mass is 9.97. The van der Waals surface area contributed by atoms with E-state index in [2.05, 4.69) is 10.2 Å². The van der Waals surface area contributed by atoms with Crippen molar-refractivity contribution in [2.24, 2.45) is 0 Å². The summed E-state index contributed by atoms with van der Waals surface area (Å²) in [7, 11) is 0. The van der Waals surface area contributed by atoms with Gasteiger partial charge in [-0.05, 0) is 31.4 Å². The summed E-state index contributed by atoms with van der Waals surface area (Å²) >= 11 is 0. The van der Waals surface area contributed by atoms with E-state index in [4.69, 9.17) is 9.15 Å². The van der Waals surface area contributed by atoms with Crippen LogP contribution in [0.3, 0.4) is 0 Å². The SMILES string of the molecule is Cc1ccccc1OCC(=O)N1CCC(c2nnc(C(C)C)o2)CC1. The van der Waals surface area contributed by atoms with Gasteiger partial charge >= 0.3 is 0 Å². The van der Waals surface area contributed by atoms with E-state index in [1.165, 1.54) is 0 Å². The lowest BCUT2D eigenvalue weighted by Gasteiger charge is -2.30. The molecule has 0 bridgehead atoms. The molecule has 2 aromatic rings. The van der Waals surface area contributed by atoms with Crippen LogP contribution < -0.4 is 4.74 Å². The maximum Gasteiger partial charge on any atom is 0.260 e. The van der Waals surface area contributed by atoms with Gasteiger partial charge in [0.2, 0.25) is 11.8 Å². The standard InChI is InChI=1S/C19H25N3O3/c1-13(2)18-20-21-19(25-18)15-8-10-22(11-9-15)17(23)12-24-16-7-5-4-6-14(16)3/h4-7,13,15H,8-12H2,1-3H3. The van der Waals surface area contributed by atoms with Crippen LogP contribution in [0.2, 0.25) is 0 Å². The predicted octanol–water partition coefficient (Wildman–Crippen LogP) is 3.29. The number of likely N-dealkylation sites (tertiary alicyclic amines) is 1. The number of piperidine rings is 1. The second-order valence-corrected chi connectivity index (χ2v) is 6.84. The number of rotatable bonds is 5. The Bertz CT molecular complexity index is 718. The highest BCUT2D eigenvalue weighted by molar-refractivity contribution is 5.77. The highest BCUT2D eigenvalue weighted by Crippen LogP contribution is 2.28. The van der Waals surface area contributed by atoms with E-state index in [9.17, 15) is 4.79 Å². The second kappa shape index (κ2) is 7.68. The molecule has 1 amide bonds. The Morgan fingerprint density at radius 1 is 1.28 bits per heavy atom. The van der Waals surface area contributed by atoms with E-state index in [0.29, 0.717) is 24.9 Å². The smallest absolute Gasteiger partial charge is 0.260 e. The van der Waals surface area contributed by atoms with Gasteiger partial charge in [0.05, 0.1) is 0 Å². The van der Waals surface area contributed by atoms with E-state index in [0.717, 1.165) is 24.2 Å². The molecular weight excluding hydrogens is 318 g/mol. The number of hydrogen-bond donors (Lipinski definition) is 0. The molecule has 1 fully saturated rings. The molecule has 1 aromatic carbocycles. The fraction of sp³-hybridized carbons (Fsp3) is 0.526. The Morgan fingerprint density at radius 3 is 2.64 bits per heavy atom. The van der Waals surface area contributed by atoms with E-state index in [-0.39, 0.29) is 24.3 Å². The van der Waals surface area contributed by atoms with Crippen LogP contribution in [-0.4, -0.2) is 40.7 Å². The second-order valence-electron chi connectivity index (χ2n) is 6.84. The molecule has 1 aromatic heterocycles. The van der Waals surface area contributed by atoms with Crippen molar-refractivity contribution in [2.75, 3.05) is 19.7 Å². The van der Waals surface area contributed by atoms with Crippen molar-refractivity contribution in [1.82, 2.24) is 15.1 Å². The van der Waals surface area contributed by atoms with Gasteiger partial charge in [-0.2, -0.15) is 0 Å². The maximum atomic E-state index is 12.4. The van der Waals surface area contributed by atoms with Gasteiger partial charge < -0.3 is 14.1 Å². The highest BCUT2D eigenvalue weighted by atomic mass is 16.5. The summed E-state index contributed by atoms with van der Waals surface area (Å²) in [4.78, 5) is 14.2. The molecule has 0 spiro atoms. The minimum Gasteiger partial charge on any atom is -0.484 e. The number of benzene rings is 1. The van der Waals surface area contributed by atoms with Crippen LogP contribution in [0.4, 0.5) is 0 Å². The highest BCUT2D eigenvalue weighted by Gasteiger charge is 2.27. The minimum absolute atomic E-state index is 0.0232. The summed E-state index contributed by atoms with van der Waals surface area (Å²) in [6.45, 7) is 7.51. The molecule has 0 aliphatic carbocycles. The van der Waals surface area contributed by atoms with Gasteiger partial charge in [-0.3, -0.25) is 4.79 Å². The molecule has 1 saturated heterocycles. The number of ether oxygens (including phenoxy) is 1. The number of amides is 1. The van der Waals surface area contributed by atoms with E-state index >= 15 is 0 Å². The molecule has 0 unspecified atom stereocenters. The Morgan fingerprint density at radius 2 is 2.00 bits per heavy atom. The average molecular weight is 343 g/mol. The molecule has 3 rings (SSSR count). The largest absolute Gasteiger partial charge is 0.484 e. The van der Waals surface area contributed by atoms with Crippen molar-refractivity contribution in [2.45, 2.75) is 45.4 Å². The van der Waals surface area contributed by atoms with Gasteiger partial charge in [-0.1, -0.05) is 32.0 Å². The molecule has 25 heavy (non-hydrogen) atoms. The van der Waals surface area contributed by atoms with Crippen LogP contribution in [0.25, 0.3) is 0 Å². The van der Waals surface area contributed by atoms with Crippen LogP contribution in [-0.2, 0) is 4.79 Å². The van der Waals surface area contributed by atoms with Crippen molar-refractivity contribution in [3.63, 3.8) is 0 Å². The molecule has 1 aliphatic rings. The molecule has 0 N–H and O–H groups in total. The summed E-state index contributed by atoms with van der Waals surface area (Å²) < 4.78 is 11.4. The number of carbonyl (C=O) groups is 1. The fourth-order valence-corrected chi connectivity index (χ4v) is 2.97. The van der Waals surface area contributed by atoms with E-state index in [1.54, 1.807) is 0 Å². The Hall–Kier alpha value is -2.37. The van der Waals surface area contributed by atoms with Crippen LogP contribution >= 0.6 is 0 Å². The monoisotopic (exact) mass is 343 g/mol. The number of nitrogens with zero attached hydrogens (tertiary/aromatic N) is 3. The lowest BCUT2D eigenvalue weighted by molar-refractivity contribution is -0.134. The molecule has 1 aliphatic heterocycles. The van der Waals surface area contributed by atoms with Crippen molar-refractivity contribution < 1.29 is 13.9 Å². The fourth-order valence-electron chi connectivity index (χ4n) is 2.97. The minimum atomic E-state index is 0.0232. The zero-order chi connectivity index (χ0) is 17.8. The molecule has 6 nitrogen and oxygen atoms in total. The Labute approximate surface area is 148 Å². The van der Waals surface area contributed by atoms with Crippen LogP contribution in [0.1, 0.15) is 55.9 Å². The first-order valence-electron chi connectivity index (χ1n) is 8.84. The number of aryl methyl sites for hydroxylation is 1. The summed E-state index contributed by atoms with van der Waals surface area (Å²) in [5, 5.41) is 8.27. The third kappa shape index (κ3) is 4.18. The lowest BCUT2D eigenvalue weighted by Crippen LogP contribution is -2.40. The van der Waals surface area contributed by atoms with Crippen molar-refractivity contribution in [1.29, 1.82) is 0 Å². The number of carbonyl (C=O) groups excluding carboxylic acids is 1. The number of aromatic nitrogens is 2. The van der Waals surface area contributed by atoms with E-state index in [1.807, 2.05) is 49.9 Å². The zero-order valence-corrected chi connectivity index (χ0v) is 15.1. The molecule has 2 heterocycles. The van der Waals surface area contributed by atoms with Crippen molar-refractivity contribution in [3.05, 3.63) is 41.6 Å². The van der Waals surface area contributed by atoms with Gasteiger partial charge in [0.15, 0.2) is 6.61 Å². The van der Waals surface area contributed by atoms with Crippen LogP contribution in [0.5, 0.6) is 5.75 Å². The zero-order valence-electron chi connectivity index (χ0n) is 15.1. The van der Waals surface area contributed by atoms with Crippen molar-refractivity contribution in [3.8, 4) is 5.75 Å². The normalized spacial score (nSPS) is 15.6. The van der Waals surface area contributed by atoms with Gasteiger partial charge in [-0.15, -0.1) is 10.2 Å². The molecular formula is C19H25N3O3. The summed E-state index contributed by atoms with van der Waals surface area (Å²) in [5.74, 6) is 2.64. The molecule has 6 heteroatoms. The summed E-state index contributed by atoms with van der Waals surface area (Å²) in [6.07, 6.45) is 1.69. The van der Waals surface area contributed by atoms with Gasteiger partial charge in [-0.25, -0.2) is 0 Å². The summed E-state index contributed by atoms with van der Waals surface area (Å²) in [5.41, 5.74) is 1.03. The maximum absolute atomic E-state index is 12.4.